The molecule has 0 aromatic heterocycles. The third kappa shape index (κ3) is 3.65. The van der Waals surface area contributed by atoms with Gasteiger partial charge in [-0.3, -0.25) is 4.79 Å². The van der Waals surface area contributed by atoms with Crippen molar-refractivity contribution in [3.05, 3.63) is 18.2 Å². The van der Waals surface area contributed by atoms with Gasteiger partial charge in [0.1, 0.15) is 6.61 Å². The molecule has 0 fully saturated rings. The molecule has 0 spiro atoms. The molecule has 1 aliphatic rings. The predicted octanol–water partition coefficient (Wildman–Crippen LogP) is 2.16. The third-order valence-corrected chi connectivity index (χ3v) is 3.48. The number of ether oxygens (including phenoxy) is 3. The Kier molecular flexibility index (Phi) is 4.90. The highest BCUT2D eigenvalue weighted by atomic mass is 32.2. The summed E-state index contributed by atoms with van der Waals surface area (Å²) in [5.41, 5.74) is 0. The number of methoxy groups -OCH3 is 1. The summed E-state index contributed by atoms with van der Waals surface area (Å²) in [6.07, 6.45) is 0.892. The van der Waals surface area contributed by atoms with E-state index in [0.29, 0.717) is 19.0 Å². The highest BCUT2D eigenvalue weighted by Crippen LogP contribution is 2.33. The molecule has 0 amide bonds. The summed E-state index contributed by atoms with van der Waals surface area (Å²) in [6, 6.07) is 5.76. The van der Waals surface area contributed by atoms with E-state index >= 15 is 0 Å². The largest absolute Gasteiger partial charge is 0.490 e. The van der Waals surface area contributed by atoms with Gasteiger partial charge in [0, 0.05) is 18.4 Å². The maximum Gasteiger partial charge on any atom is 0.168 e. The first kappa shape index (κ1) is 13.2. The summed E-state index contributed by atoms with van der Waals surface area (Å²) in [5.74, 6) is 2.03. The van der Waals surface area contributed by atoms with Crippen LogP contribution in [0.25, 0.3) is 0 Å². The molecule has 18 heavy (non-hydrogen) atoms. The Labute approximate surface area is 111 Å². The van der Waals surface area contributed by atoms with Crippen LogP contribution in [0.5, 0.6) is 11.5 Å². The molecule has 0 unspecified atom stereocenters. The maximum atomic E-state index is 11.4. The zero-order valence-electron chi connectivity index (χ0n) is 10.3. The van der Waals surface area contributed by atoms with E-state index in [0.717, 1.165) is 22.8 Å². The second-order valence-electron chi connectivity index (χ2n) is 3.92. The van der Waals surface area contributed by atoms with Gasteiger partial charge < -0.3 is 14.2 Å². The summed E-state index contributed by atoms with van der Waals surface area (Å²) in [7, 11) is 1.52. The number of fused-ring (bicyclic) bond motifs is 1. The number of ketones is 1. The van der Waals surface area contributed by atoms with Gasteiger partial charge in [-0.2, -0.15) is 0 Å². The summed E-state index contributed by atoms with van der Waals surface area (Å²) in [4.78, 5) is 12.4. The number of carbonyl (C=O) groups is 1. The van der Waals surface area contributed by atoms with Gasteiger partial charge in [0.2, 0.25) is 0 Å². The zero-order chi connectivity index (χ0) is 12.8. The van der Waals surface area contributed by atoms with Gasteiger partial charge in [-0.1, -0.05) is 0 Å². The van der Waals surface area contributed by atoms with Crippen LogP contribution in [0.15, 0.2) is 23.1 Å². The number of hydrogen-bond acceptors (Lipinski definition) is 5. The second kappa shape index (κ2) is 6.66. The van der Waals surface area contributed by atoms with Gasteiger partial charge in [-0.25, -0.2) is 0 Å². The van der Waals surface area contributed by atoms with Crippen LogP contribution in [0, 0.1) is 0 Å². The van der Waals surface area contributed by atoms with Crippen LogP contribution in [0.4, 0.5) is 0 Å². The monoisotopic (exact) mass is 268 g/mol. The quantitative estimate of drug-likeness (QED) is 0.766. The van der Waals surface area contributed by atoms with Crippen LogP contribution in [0.3, 0.4) is 0 Å². The summed E-state index contributed by atoms with van der Waals surface area (Å²) >= 11 is 1.48. The minimum atomic E-state index is 0.0783. The number of hydrogen-bond donors (Lipinski definition) is 0. The standard InChI is InChI=1S/C13H16O4S/c1-15-8-10(14)9-18-11-3-4-12-13(7-11)17-6-2-5-16-12/h3-4,7H,2,5-6,8-9H2,1H3. The van der Waals surface area contributed by atoms with E-state index < -0.39 is 0 Å². The van der Waals surface area contributed by atoms with E-state index in [1.165, 1.54) is 18.9 Å². The molecule has 0 radical (unpaired) electrons. The fraction of sp³-hybridized carbons (Fsp3) is 0.462. The summed E-state index contributed by atoms with van der Waals surface area (Å²) < 4.78 is 15.9. The van der Waals surface area contributed by atoms with Gasteiger partial charge in [0.15, 0.2) is 17.3 Å². The average molecular weight is 268 g/mol. The van der Waals surface area contributed by atoms with Crippen molar-refractivity contribution < 1.29 is 19.0 Å². The van der Waals surface area contributed by atoms with Crippen molar-refractivity contribution in [2.75, 3.05) is 32.7 Å². The van der Waals surface area contributed by atoms with Gasteiger partial charge >= 0.3 is 0 Å². The van der Waals surface area contributed by atoms with Crippen molar-refractivity contribution in [3.8, 4) is 11.5 Å². The highest BCUT2D eigenvalue weighted by Gasteiger charge is 2.11. The highest BCUT2D eigenvalue weighted by molar-refractivity contribution is 8.00. The molecular weight excluding hydrogens is 252 g/mol. The lowest BCUT2D eigenvalue weighted by molar-refractivity contribution is -0.120. The average Bonchev–Trinajstić information content (AvgIpc) is 2.61. The van der Waals surface area contributed by atoms with Crippen molar-refractivity contribution in [2.45, 2.75) is 11.3 Å². The molecule has 0 bridgehead atoms. The fourth-order valence-corrected chi connectivity index (χ4v) is 2.37. The predicted molar refractivity (Wildman–Crippen MR) is 69.7 cm³/mol. The molecule has 0 atom stereocenters. The van der Waals surface area contributed by atoms with Crippen LogP contribution in [0.1, 0.15) is 6.42 Å². The van der Waals surface area contributed by atoms with Crippen LogP contribution >= 0.6 is 11.8 Å². The zero-order valence-corrected chi connectivity index (χ0v) is 11.1. The number of thioether (sulfide) groups is 1. The lowest BCUT2D eigenvalue weighted by Crippen LogP contribution is -2.08. The van der Waals surface area contributed by atoms with Crippen LogP contribution in [-0.2, 0) is 9.53 Å². The lowest BCUT2D eigenvalue weighted by Gasteiger charge is -2.08. The Balaban J connectivity index is 1.97. The van der Waals surface area contributed by atoms with Crippen LogP contribution in [0.2, 0.25) is 0 Å². The van der Waals surface area contributed by atoms with E-state index in [1.807, 2.05) is 18.2 Å². The van der Waals surface area contributed by atoms with E-state index in [4.69, 9.17) is 14.2 Å². The normalized spacial score (nSPS) is 14.1. The SMILES string of the molecule is COCC(=O)CSc1ccc2c(c1)OCCCO2. The van der Waals surface area contributed by atoms with Crippen LogP contribution < -0.4 is 9.47 Å². The molecule has 0 saturated carbocycles. The third-order valence-electron chi connectivity index (χ3n) is 2.42. The first-order valence-corrected chi connectivity index (χ1v) is 6.81. The minimum Gasteiger partial charge on any atom is -0.490 e. The Bertz CT molecular complexity index is 419. The summed E-state index contributed by atoms with van der Waals surface area (Å²) in [6.45, 7) is 1.52. The molecule has 0 saturated heterocycles. The van der Waals surface area contributed by atoms with Crippen molar-refractivity contribution in [3.63, 3.8) is 0 Å². The molecule has 0 N–H and O–H groups in total. The fourth-order valence-electron chi connectivity index (χ4n) is 1.60. The second-order valence-corrected chi connectivity index (χ2v) is 4.97. The molecule has 0 aliphatic carbocycles. The Morgan fingerprint density at radius 1 is 1.33 bits per heavy atom. The minimum absolute atomic E-state index is 0.0783. The van der Waals surface area contributed by atoms with Gasteiger partial charge in [-0.05, 0) is 18.2 Å². The van der Waals surface area contributed by atoms with Gasteiger partial charge in [0.05, 0.1) is 19.0 Å². The number of carbonyl (C=O) groups excluding carboxylic acids is 1. The smallest absolute Gasteiger partial charge is 0.168 e. The molecule has 5 heteroatoms. The Hall–Kier alpha value is -1.20. The van der Waals surface area contributed by atoms with Crippen LogP contribution in [-0.4, -0.2) is 38.5 Å². The molecule has 4 nitrogen and oxygen atoms in total. The molecule has 1 aliphatic heterocycles. The number of benzene rings is 1. The molecule has 1 heterocycles. The summed E-state index contributed by atoms with van der Waals surface area (Å²) in [5, 5.41) is 0. The first-order chi connectivity index (χ1) is 8.79. The molecule has 1 aromatic rings. The number of rotatable bonds is 5. The van der Waals surface area contributed by atoms with Crippen molar-refractivity contribution in [1.29, 1.82) is 0 Å². The van der Waals surface area contributed by atoms with E-state index in [9.17, 15) is 4.79 Å². The van der Waals surface area contributed by atoms with Gasteiger partial charge in [-0.15, -0.1) is 11.8 Å². The van der Waals surface area contributed by atoms with Crippen molar-refractivity contribution in [1.82, 2.24) is 0 Å². The Morgan fingerprint density at radius 3 is 2.89 bits per heavy atom. The molecule has 1 aromatic carbocycles. The molecule has 98 valence electrons. The van der Waals surface area contributed by atoms with E-state index in [-0.39, 0.29) is 12.4 Å². The topological polar surface area (TPSA) is 44.8 Å². The first-order valence-electron chi connectivity index (χ1n) is 5.82. The van der Waals surface area contributed by atoms with E-state index in [1.54, 1.807) is 0 Å². The van der Waals surface area contributed by atoms with E-state index in [2.05, 4.69) is 0 Å². The maximum absolute atomic E-state index is 11.4. The van der Waals surface area contributed by atoms with Crippen molar-refractivity contribution in [2.24, 2.45) is 0 Å². The molecular formula is C13H16O4S. The lowest BCUT2D eigenvalue weighted by atomic mass is 10.3. The Morgan fingerprint density at radius 2 is 2.11 bits per heavy atom. The number of Topliss-reactive ketones (excluding diaryl/α,β-unsaturated/α-hetero) is 1. The van der Waals surface area contributed by atoms with Gasteiger partial charge in [0.25, 0.3) is 0 Å². The van der Waals surface area contributed by atoms with Crippen molar-refractivity contribution >= 4 is 17.5 Å². The molecule has 2 rings (SSSR count).